The summed E-state index contributed by atoms with van der Waals surface area (Å²) < 4.78 is 10.4. The maximum atomic E-state index is 13.7. The van der Waals surface area contributed by atoms with E-state index in [0.717, 1.165) is 12.0 Å². The number of hydrogen-bond donors (Lipinski definition) is 0. The monoisotopic (exact) mass is 478 g/mol. The first-order valence-electron chi connectivity index (χ1n) is 11.4. The SMILES string of the molecule is COCCN(CC(=O)N1CCc2sccc2C1c1ccc(C)cc1)C(=O)c1ccc(OC)cc1. The van der Waals surface area contributed by atoms with Crippen molar-refractivity contribution >= 4 is 23.2 Å². The van der Waals surface area contributed by atoms with Crippen molar-refractivity contribution in [3.05, 3.63) is 87.1 Å². The minimum atomic E-state index is -0.201. The number of carbonyl (C=O) groups is 2. The Labute approximate surface area is 204 Å². The van der Waals surface area contributed by atoms with E-state index in [1.54, 1.807) is 54.7 Å². The Kier molecular flexibility index (Phi) is 7.65. The summed E-state index contributed by atoms with van der Waals surface area (Å²) in [6.07, 6.45) is 0.825. The van der Waals surface area contributed by atoms with E-state index in [-0.39, 0.29) is 24.4 Å². The molecular formula is C27H30N2O4S. The average Bonchev–Trinajstić information content (AvgIpc) is 3.35. The van der Waals surface area contributed by atoms with Crippen molar-refractivity contribution in [2.45, 2.75) is 19.4 Å². The van der Waals surface area contributed by atoms with Gasteiger partial charge in [0.15, 0.2) is 0 Å². The smallest absolute Gasteiger partial charge is 0.254 e. The van der Waals surface area contributed by atoms with Crippen LogP contribution in [0.25, 0.3) is 0 Å². The summed E-state index contributed by atoms with van der Waals surface area (Å²) >= 11 is 1.74. The molecule has 4 rings (SSSR count). The zero-order valence-corrected chi connectivity index (χ0v) is 20.6. The lowest BCUT2D eigenvalue weighted by Gasteiger charge is -2.37. The molecule has 2 amide bonds. The van der Waals surface area contributed by atoms with Crippen LogP contribution >= 0.6 is 11.3 Å². The standard InChI is InChI=1S/C27H30N2O4S/c1-19-4-6-20(7-5-19)26-23-13-17-34-24(23)12-14-29(26)25(30)18-28(15-16-32-2)27(31)21-8-10-22(33-3)11-9-21/h4-11,13,17,26H,12,14-16,18H2,1-3H3. The summed E-state index contributed by atoms with van der Waals surface area (Å²) in [5.41, 5.74) is 3.96. The third-order valence-electron chi connectivity index (χ3n) is 6.19. The molecule has 1 atom stereocenters. The lowest BCUT2D eigenvalue weighted by atomic mass is 9.92. The summed E-state index contributed by atoms with van der Waals surface area (Å²) in [6.45, 7) is 3.36. The van der Waals surface area contributed by atoms with Gasteiger partial charge in [0, 0.05) is 30.6 Å². The number of rotatable bonds is 8. The van der Waals surface area contributed by atoms with E-state index < -0.39 is 0 Å². The van der Waals surface area contributed by atoms with Gasteiger partial charge in [0.2, 0.25) is 5.91 Å². The third kappa shape index (κ3) is 5.16. The lowest BCUT2D eigenvalue weighted by Crippen LogP contribution is -2.47. The van der Waals surface area contributed by atoms with Gasteiger partial charge < -0.3 is 19.3 Å². The van der Waals surface area contributed by atoms with Crippen molar-refractivity contribution in [3.8, 4) is 5.75 Å². The first-order valence-corrected chi connectivity index (χ1v) is 12.2. The van der Waals surface area contributed by atoms with E-state index >= 15 is 0 Å². The zero-order valence-electron chi connectivity index (χ0n) is 19.8. The Bertz CT molecular complexity index is 1120. The molecular weight excluding hydrogens is 448 g/mol. The van der Waals surface area contributed by atoms with Crippen LogP contribution < -0.4 is 4.74 Å². The predicted molar refractivity (Wildman–Crippen MR) is 134 cm³/mol. The van der Waals surface area contributed by atoms with Crippen molar-refractivity contribution in [2.24, 2.45) is 0 Å². The highest BCUT2D eigenvalue weighted by molar-refractivity contribution is 7.10. The molecule has 0 spiro atoms. The van der Waals surface area contributed by atoms with E-state index in [4.69, 9.17) is 9.47 Å². The molecule has 2 aromatic carbocycles. The first-order chi connectivity index (χ1) is 16.5. The van der Waals surface area contributed by atoms with Gasteiger partial charge >= 0.3 is 0 Å². The molecule has 0 N–H and O–H groups in total. The number of hydrogen-bond acceptors (Lipinski definition) is 5. The fourth-order valence-corrected chi connectivity index (χ4v) is 5.22. The molecule has 1 aromatic heterocycles. The number of fused-ring (bicyclic) bond motifs is 1. The summed E-state index contributed by atoms with van der Waals surface area (Å²) in [5, 5.41) is 2.10. The molecule has 0 aliphatic carbocycles. The quantitative estimate of drug-likeness (QED) is 0.484. The summed E-state index contributed by atoms with van der Waals surface area (Å²) in [4.78, 5) is 31.7. The van der Waals surface area contributed by atoms with Crippen LogP contribution in [0, 0.1) is 6.92 Å². The highest BCUT2D eigenvalue weighted by Crippen LogP contribution is 2.38. The molecule has 0 radical (unpaired) electrons. The van der Waals surface area contributed by atoms with Crippen LogP contribution in [-0.2, 0) is 16.0 Å². The molecule has 0 fully saturated rings. The van der Waals surface area contributed by atoms with Gasteiger partial charge in [0.05, 0.1) is 19.8 Å². The first kappa shape index (κ1) is 24.0. The van der Waals surface area contributed by atoms with Crippen LogP contribution in [0.4, 0.5) is 0 Å². The Morgan fingerprint density at radius 1 is 1.06 bits per heavy atom. The molecule has 1 aliphatic heterocycles. The molecule has 1 unspecified atom stereocenters. The number of methoxy groups -OCH3 is 2. The van der Waals surface area contributed by atoms with Crippen molar-refractivity contribution < 1.29 is 19.1 Å². The van der Waals surface area contributed by atoms with Crippen molar-refractivity contribution in [2.75, 3.05) is 40.5 Å². The van der Waals surface area contributed by atoms with Crippen LogP contribution in [0.3, 0.4) is 0 Å². The maximum absolute atomic E-state index is 13.7. The second kappa shape index (κ2) is 10.8. The topological polar surface area (TPSA) is 59.1 Å². The number of thiophene rings is 1. The van der Waals surface area contributed by atoms with Crippen molar-refractivity contribution in [1.29, 1.82) is 0 Å². The van der Waals surface area contributed by atoms with Crippen LogP contribution in [0.5, 0.6) is 5.75 Å². The highest BCUT2D eigenvalue weighted by Gasteiger charge is 2.34. The van der Waals surface area contributed by atoms with Crippen LogP contribution in [-0.4, -0.2) is 62.1 Å². The Hall–Kier alpha value is -3.16. The minimum Gasteiger partial charge on any atom is -0.497 e. The van der Waals surface area contributed by atoms with Gasteiger partial charge in [-0.2, -0.15) is 0 Å². The molecule has 0 saturated heterocycles. The molecule has 2 heterocycles. The number of benzene rings is 2. The number of ether oxygens (including phenoxy) is 2. The number of amides is 2. The number of nitrogens with zero attached hydrogens (tertiary/aromatic N) is 2. The van der Waals surface area contributed by atoms with Gasteiger partial charge in [0.1, 0.15) is 12.3 Å². The molecule has 0 bridgehead atoms. The van der Waals surface area contributed by atoms with E-state index in [9.17, 15) is 9.59 Å². The molecule has 6 nitrogen and oxygen atoms in total. The normalized spacial score (nSPS) is 15.0. The van der Waals surface area contributed by atoms with Gasteiger partial charge in [-0.05, 0) is 60.2 Å². The molecule has 178 valence electrons. The van der Waals surface area contributed by atoms with Gasteiger partial charge in [-0.1, -0.05) is 29.8 Å². The second-order valence-corrected chi connectivity index (χ2v) is 9.40. The highest BCUT2D eigenvalue weighted by atomic mass is 32.1. The number of carbonyl (C=O) groups excluding carboxylic acids is 2. The predicted octanol–water partition coefficient (Wildman–Crippen LogP) is 4.33. The molecule has 0 saturated carbocycles. The fourth-order valence-electron chi connectivity index (χ4n) is 4.32. The maximum Gasteiger partial charge on any atom is 0.254 e. The number of aryl methyl sites for hydroxylation is 1. The average molecular weight is 479 g/mol. The van der Waals surface area contributed by atoms with Crippen LogP contribution in [0.2, 0.25) is 0 Å². The van der Waals surface area contributed by atoms with Crippen molar-refractivity contribution in [3.63, 3.8) is 0 Å². The minimum absolute atomic E-state index is 0.00391. The Morgan fingerprint density at radius 3 is 2.47 bits per heavy atom. The summed E-state index contributed by atoms with van der Waals surface area (Å²) in [7, 11) is 3.18. The third-order valence-corrected chi connectivity index (χ3v) is 7.19. The second-order valence-electron chi connectivity index (χ2n) is 8.40. The van der Waals surface area contributed by atoms with Gasteiger partial charge in [-0.3, -0.25) is 9.59 Å². The Balaban J connectivity index is 1.59. The molecule has 7 heteroatoms. The summed E-state index contributed by atoms with van der Waals surface area (Å²) in [5.74, 6) is 0.408. The summed E-state index contributed by atoms with van der Waals surface area (Å²) in [6, 6.07) is 17.3. The largest absolute Gasteiger partial charge is 0.497 e. The fraction of sp³-hybridized carbons (Fsp3) is 0.333. The van der Waals surface area contributed by atoms with Crippen molar-refractivity contribution in [1.82, 2.24) is 9.80 Å². The van der Waals surface area contributed by atoms with Gasteiger partial charge in [0.25, 0.3) is 5.91 Å². The van der Waals surface area contributed by atoms with Gasteiger partial charge in [-0.25, -0.2) is 0 Å². The zero-order chi connectivity index (χ0) is 24.1. The van der Waals surface area contributed by atoms with E-state index in [1.807, 2.05) is 4.90 Å². The molecule has 3 aromatic rings. The molecule has 1 aliphatic rings. The lowest BCUT2D eigenvalue weighted by molar-refractivity contribution is -0.134. The van der Waals surface area contributed by atoms with Gasteiger partial charge in [-0.15, -0.1) is 11.3 Å². The van der Waals surface area contributed by atoms with E-state index in [0.29, 0.717) is 31.0 Å². The Morgan fingerprint density at radius 2 is 1.79 bits per heavy atom. The van der Waals surface area contributed by atoms with E-state index in [2.05, 4.69) is 42.6 Å². The molecule has 34 heavy (non-hydrogen) atoms. The van der Waals surface area contributed by atoms with E-state index in [1.165, 1.54) is 16.0 Å². The van der Waals surface area contributed by atoms with Crippen LogP contribution in [0.1, 0.15) is 38.0 Å². The van der Waals surface area contributed by atoms with Crippen LogP contribution in [0.15, 0.2) is 60.0 Å².